The van der Waals surface area contributed by atoms with Crippen molar-refractivity contribution in [2.75, 3.05) is 6.61 Å². The molecule has 1 amide bonds. The molecule has 33 heavy (non-hydrogen) atoms. The summed E-state index contributed by atoms with van der Waals surface area (Å²) in [6.07, 6.45) is 0.951. The quantitative estimate of drug-likeness (QED) is 0.433. The molecule has 1 unspecified atom stereocenters. The van der Waals surface area contributed by atoms with E-state index in [-0.39, 0.29) is 13.0 Å². The number of hydrogen-bond acceptors (Lipinski definition) is 4. The average molecular weight is 473 g/mol. The van der Waals surface area contributed by atoms with Crippen molar-refractivity contribution < 1.29 is 9.53 Å². The molecular weight excluding hydrogens is 452 g/mol. The molecule has 0 aromatic heterocycles. The van der Waals surface area contributed by atoms with Gasteiger partial charge in [0.15, 0.2) is 0 Å². The van der Waals surface area contributed by atoms with E-state index in [4.69, 9.17) is 21.6 Å². The number of amides is 1. The van der Waals surface area contributed by atoms with Gasteiger partial charge in [0.1, 0.15) is 6.61 Å². The van der Waals surface area contributed by atoms with Gasteiger partial charge in [0.2, 0.25) is 0 Å². The van der Waals surface area contributed by atoms with Crippen molar-refractivity contribution in [1.82, 2.24) is 5.32 Å². The number of rotatable bonds is 6. The molecule has 0 radical (unpaired) electrons. The van der Waals surface area contributed by atoms with Crippen LogP contribution in [0.3, 0.4) is 0 Å². The van der Waals surface area contributed by atoms with Gasteiger partial charge in [-0.3, -0.25) is 0 Å². The number of carbonyl (C=O) groups is 1. The van der Waals surface area contributed by atoms with Gasteiger partial charge in [-0.25, -0.2) is 4.79 Å². The first-order valence-electron chi connectivity index (χ1n) is 10.5. The number of alkyl carbamates (subject to hydrolysis) is 1. The van der Waals surface area contributed by atoms with Crippen LogP contribution in [0, 0.1) is 23.2 Å². The second kappa shape index (κ2) is 10.5. The van der Waals surface area contributed by atoms with Gasteiger partial charge < -0.3 is 10.1 Å². The third-order valence-electron chi connectivity index (χ3n) is 5.36. The molecule has 0 bridgehead atoms. The van der Waals surface area contributed by atoms with E-state index in [2.05, 4.69) is 35.4 Å². The maximum Gasteiger partial charge on any atom is 0.407 e. The number of nitriles is 1. The Morgan fingerprint density at radius 1 is 1.00 bits per heavy atom. The van der Waals surface area contributed by atoms with Crippen LogP contribution in [0.5, 0.6) is 0 Å². The fourth-order valence-corrected chi connectivity index (χ4v) is 4.83. The van der Waals surface area contributed by atoms with Crippen LogP contribution in [0.1, 0.15) is 29.5 Å². The van der Waals surface area contributed by atoms with E-state index in [1.54, 1.807) is 11.8 Å². The number of hydrogen-bond donors (Lipinski definition) is 1. The molecule has 4 rings (SSSR count). The number of halogens is 1. The molecule has 1 saturated heterocycles. The summed E-state index contributed by atoms with van der Waals surface area (Å²) in [5.41, 5.74) is 2.26. The van der Waals surface area contributed by atoms with E-state index in [0.717, 1.165) is 26.5 Å². The van der Waals surface area contributed by atoms with Gasteiger partial charge in [-0.05, 0) is 60.9 Å². The predicted octanol–water partition coefficient (Wildman–Crippen LogP) is 6.22. The van der Waals surface area contributed by atoms with Crippen LogP contribution in [0.25, 0.3) is 0 Å². The first-order valence-corrected chi connectivity index (χ1v) is 11.7. The molecule has 1 atom stereocenters. The van der Waals surface area contributed by atoms with E-state index >= 15 is 0 Å². The second-order valence-corrected chi connectivity index (χ2v) is 9.37. The first-order chi connectivity index (χ1) is 16.0. The molecule has 0 spiro atoms. The Hall–Kier alpha value is -3.38. The van der Waals surface area contributed by atoms with E-state index in [1.807, 2.05) is 60.7 Å². The number of carbonyl (C=O) groups excluding carboxylic acids is 1. The highest BCUT2D eigenvalue weighted by Gasteiger charge is 2.39. The predicted molar refractivity (Wildman–Crippen MR) is 130 cm³/mol. The molecule has 164 valence electrons. The molecule has 1 aliphatic heterocycles. The molecular formula is C27H21ClN2O2S. The Balaban J connectivity index is 1.42. The van der Waals surface area contributed by atoms with E-state index in [9.17, 15) is 4.79 Å². The van der Waals surface area contributed by atoms with Crippen LogP contribution >= 0.6 is 23.4 Å². The molecule has 3 aromatic rings. The molecule has 4 nitrogen and oxygen atoms in total. The molecule has 6 heteroatoms. The van der Waals surface area contributed by atoms with Crippen molar-refractivity contribution in [3.8, 4) is 17.9 Å². The van der Waals surface area contributed by atoms with Crippen LogP contribution < -0.4 is 5.32 Å². The third-order valence-corrected chi connectivity index (χ3v) is 6.69. The molecule has 1 aliphatic rings. The lowest BCUT2D eigenvalue weighted by Gasteiger charge is -2.23. The first kappa shape index (κ1) is 22.8. The smallest absolute Gasteiger partial charge is 0.407 e. The van der Waals surface area contributed by atoms with E-state index in [0.29, 0.717) is 17.9 Å². The van der Waals surface area contributed by atoms with Crippen molar-refractivity contribution in [2.24, 2.45) is 0 Å². The van der Waals surface area contributed by atoms with Gasteiger partial charge in [0.25, 0.3) is 0 Å². The molecule has 1 N–H and O–H groups in total. The van der Waals surface area contributed by atoms with Gasteiger partial charge in [-0.15, -0.1) is 0 Å². The lowest BCUT2D eigenvalue weighted by molar-refractivity contribution is 0.171. The van der Waals surface area contributed by atoms with Crippen LogP contribution in [0.2, 0.25) is 5.02 Å². The van der Waals surface area contributed by atoms with E-state index in [1.165, 1.54) is 0 Å². The monoisotopic (exact) mass is 472 g/mol. The largest absolute Gasteiger partial charge is 0.447 e. The number of ether oxygens (including phenoxy) is 1. The summed E-state index contributed by atoms with van der Waals surface area (Å²) >= 11 is 8.19. The molecule has 1 heterocycles. The summed E-state index contributed by atoms with van der Waals surface area (Å²) in [5.74, 6) is 6.40. The molecule has 3 aromatic carbocycles. The summed E-state index contributed by atoms with van der Waals surface area (Å²) in [7, 11) is 0. The number of nitrogens with zero attached hydrogens (tertiary/aromatic N) is 1. The van der Waals surface area contributed by atoms with Crippen molar-refractivity contribution in [2.45, 2.75) is 34.6 Å². The Bertz CT molecular complexity index is 1260. The van der Waals surface area contributed by atoms with Crippen molar-refractivity contribution >= 4 is 29.5 Å². The minimum atomic E-state index is -0.649. The Kier molecular flexibility index (Phi) is 7.25. The summed E-state index contributed by atoms with van der Waals surface area (Å²) in [6, 6.07) is 26.2. The molecule has 1 fully saturated rings. The van der Waals surface area contributed by atoms with Crippen LogP contribution in [0.15, 0.2) is 82.6 Å². The summed E-state index contributed by atoms with van der Waals surface area (Å²) < 4.78 is 5.03. The van der Waals surface area contributed by atoms with Crippen molar-refractivity contribution in [1.29, 1.82) is 5.26 Å². The van der Waals surface area contributed by atoms with Gasteiger partial charge in [-0.2, -0.15) is 5.26 Å². The lowest BCUT2D eigenvalue weighted by atomic mass is 9.90. The summed E-state index contributed by atoms with van der Waals surface area (Å²) in [4.78, 5) is 13.6. The minimum Gasteiger partial charge on any atom is -0.447 e. The summed E-state index contributed by atoms with van der Waals surface area (Å²) in [5, 5.41) is 12.6. The van der Waals surface area contributed by atoms with Crippen LogP contribution in [-0.4, -0.2) is 18.2 Å². The zero-order valence-corrected chi connectivity index (χ0v) is 19.4. The maximum atomic E-state index is 11.5. The summed E-state index contributed by atoms with van der Waals surface area (Å²) in [6.45, 7) is 0.203. The Morgan fingerprint density at radius 2 is 1.76 bits per heavy atom. The highest BCUT2D eigenvalue weighted by molar-refractivity contribution is 7.99. The number of nitrogens with one attached hydrogen (secondary N) is 1. The van der Waals surface area contributed by atoms with Gasteiger partial charge in [0, 0.05) is 25.9 Å². The molecule has 0 aliphatic carbocycles. The SMILES string of the molecule is N#CCC1(CCc2ccc(Sc3cccc(C#Cc4ccccc4)c3)cc2Cl)COC(=O)N1. The zero-order chi connectivity index (χ0) is 23.1. The standard InChI is InChI=1S/C27H21ClN2O2S/c28-25-18-24(12-11-22(25)13-14-27(15-16-29)19-32-26(31)30-27)33-23-8-4-7-21(17-23)10-9-20-5-2-1-3-6-20/h1-8,11-12,17-18H,13-15,19H2,(H,30,31). The molecule has 0 saturated carbocycles. The number of cyclic esters (lactones) is 1. The average Bonchev–Trinajstić information content (AvgIpc) is 3.19. The minimum absolute atomic E-state index is 0.202. The lowest BCUT2D eigenvalue weighted by Crippen LogP contribution is -2.43. The maximum absolute atomic E-state index is 11.5. The van der Waals surface area contributed by atoms with Crippen molar-refractivity contribution in [3.05, 3.63) is 94.5 Å². The topological polar surface area (TPSA) is 62.1 Å². The van der Waals surface area contributed by atoms with Crippen LogP contribution in [0.4, 0.5) is 4.79 Å². The van der Waals surface area contributed by atoms with Gasteiger partial charge >= 0.3 is 6.09 Å². The normalized spacial score (nSPS) is 16.8. The highest BCUT2D eigenvalue weighted by Crippen LogP contribution is 2.33. The van der Waals surface area contributed by atoms with E-state index < -0.39 is 11.6 Å². The van der Waals surface area contributed by atoms with Gasteiger partial charge in [0.05, 0.1) is 18.0 Å². The second-order valence-electron chi connectivity index (χ2n) is 7.82. The fraction of sp³-hybridized carbons (Fsp3) is 0.185. The van der Waals surface area contributed by atoms with Crippen LogP contribution in [-0.2, 0) is 11.2 Å². The van der Waals surface area contributed by atoms with Crippen molar-refractivity contribution in [3.63, 3.8) is 0 Å². The number of benzene rings is 3. The third kappa shape index (κ3) is 6.11. The van der Waals surface area contributed by atoms with Gasteiger partial charge in [-0.1, -0.05) is 65.5 Å². The fourth-order valence-electron chi connectivity index (χ4n) is 3.57. The zero-order valence-electron chi connectivity index (χ0n) is 17.8. The Morgan fingerprint density at radius 3 is 2.48 bits per heavy atom. The highest BCUT2D eigenvalue weighted by atomic mass is 35.5. The Labute approximate surface area is 202 Å². The number of aryl methyl sites for hydroxylation is 1.